The Labute approximate surface area is 235 Å². The van der Waals surface area contributed by atoms with Crippen LogP contribution in [0.2, 0.25) is 5.02 Å². The first-order valence-electron chi connectivity index (χ1n) is 12.0. The Kier molecular flexibility index (Phi) is 8.92. The monoisotopic (exact) mass is 561 g/mol. The van der Waals surface area contributed by atoms with Gasteiger partial charge < -0.3 is 14.8 Å². The van der Waals surface area contributed by atoms with E-state index in [2.05, 4.69) is 11.4 Å². The van der Waals surface area contributed by atoms with Crippen LogP contribution in [-0.2, 0) is 16.2 Å². The Morgan fingerprint density at radius 1 is 1.10 bits per heavy atom. The first-order chi connectivity index (χ1) is 18.8. The van der Waals surface area contributed by atoms with Crippen LogP contribution in [0.3, 0.4) is 0 Å². The highest BCUT2D eigenvalue weighted by atomic mass is 35.5. The molecule has 0 atom stereocenters. The Balaban J connectivity index is 1.47. The molecule has 3 aromatic carbocycles. The van der Waals surface area contributed by atoms with Crippen LogP contribution >= 0.6 is 23.4 Å². The average molecular weight is 562 g/mol. The van der Waals surface area contributed by atoms with Gasteiger partial charge in [-0.15, -0.1) is 0 Å². The molecule has 0 aliphatic carbocycles. The second-order valence-electron chi connectivity index (χ2n) is 8.47. The van der Waals surface area contributed by atoms with Crippen molar-refractivity contribution in [2.75, 3.05) is 18.5 Å². The fourth-order valence-corrected chi connectivity index (χ4v) is 4.77. The normalized spacial score (nSPS) is 13.9. The third-order valence-electron chi connectivity index (χ3n) is 5.74. The molecule has 1 aliphatic heterocycles. The van der Waals surface area contributed by atoms with Crippen LogP contribution in [0.15, 0.2) is 65.6 Å². The molecule has 1 heterocycles. The molecule has 1 saturated heterocycles. The number of benzene rings is 3. The summed E-state index contributed by atoms with van der Waals surface area (Å²) in [6.45, 7) is 3.79. The van der Waals surface area contributed by atoms with Gasteiger partial charge in [-0.3, -0.25) is 19.3 Å². The predicted octanol–water partition coefficient (Wildman–Crippen LogP) is 6.17. The second-order valence-corrected chi connectivity index (χ2v) is 9.90. The van der Waals surface area contributed by atoms with Crippen molar-refractivity contribution >= 4 is 52.2 Å². The van der Waals surface area contributed by atoms with Gasteiger partial charge in [0.05, 0.1) is 23.1 Å². The zero-order chi connectivity index (χ0) is 27.9. The van der Waals surface area contributed by atoms with Crippen molar-refractivity contribution in [3.8, 4) is 17.6 Å². The van der Waals surface area contributed by atoms with Crippen molar-refractivity contribution < 1.29 is 23.9 Å². The zero-order valence-electron chi connectivity index (χ0n) is 21.2. The highest BCUT2D eigenvalue weighted by Crippen LogP contribution is 2.35. The van der Waals surface area contributed by atoms with Crippen molar-refractivity contribution in [3.05, 3.63) is 92.8 Å². The summed E-state index contributed by atoms with van der Waals surface area (Å²) < 4.78 is 11.7. The van der Waals surface area contributed by atoms with Gasteiger partial charge in [0.15, 0.2) is 11.5 Å². The Morgan fingerprint density at radius 2 is 1.90 bits per heavy atom. The molecular formula is C29H24ClN3O5S. The summed E-state index contributed by atoms with van der Waals surface area (Å²) in [7, 11) is 0. The quantitative estimate of drug-likeness (QED) is 0.311. The summed E-state index contributed by atoms with van der Waals surface area (Å²) in [4.78, 5) is 39.2. The molecule has 1 aliphatic rings. The number of imide groups is 1. The molecule has 0 spiro atoms. The molecule has 0 aromatic heterocycles. The van der Waals surface area contributed by atoms with Gasteiger partial charge in [-0.05, 0) is 73.1 Å². The number of hydrogen-bond donors (Lipinski definition) is 1. The molecule has 1 fully saturated rings. The van der Waals surface area contributed by atoms with E-state index < -0.39 is 23.6 Å². The maximum absolute atomic E-state index is 13.0. The van der Waals surface area contributed by atoms with Crippen LogP contribution < -0.4 is 14.8 Å². The van der Waals surface area contributed by atoms with Crippen LogP contribution in [0.25, 0.3) is 6.08 Å². The summed E-state index contributed by atoms with van der Waals surface area (Å²) in [5, 5.41) is 11.9. The average Bonchev–Trinajstić information content (AvgIpc) is 3.17. The minimum atomic E-state index is -0.561. The number of nitrogens with zero attached hydrogens (tertiary/aromatic N) is 2. The third kappa shape index (κ3) is 6.79. The van der Waals surface area contributed by atoms with Crippen molar-refractivity contribution in [1.29, 1.82) is 5.26 Å². The molecule has 0 unspecified atom stereocenters. The SMILES string of the molecule is CCOc1cc(/C=C2/SC(=O)N(CC(=O)Nc3cc(Cl)ccc3C)C2=O)ccc1OCc1ccccc1C#N. The van der Waals surface area contributed by atoms with Gasteiger partial charge in [0.2, 0.25) is 5.91 Å². The Morgan fingerprint density at radius 3 is 2.67 bits per heavy atom. The van der Waals surface area contributed by atoms with E-state index in [-0.39, 0.29) is 11.5 Å². The number of ether oxygens (including phenoxy) is 2. The van der Waals surface area contributed by atoms with Gasteiger partial charge >= 0.3 is 0 Å². The van der Waals surface area contributed by atoms with E-state index >= 15 is 0 Å². The van der Waals surface area contributed by atoms with Gasteiger partial charge in [0.1, 0.15) is 13.2 Å². The molecule has 10 heteroatoms. The molecule has 1 N–H and O–H groups in total. The van der Waals surface area contributed by atoms with E-state index in [1.54, 1.807) is 54.6 Å². The maximum Gasteiger partial charge on any atom is 0.294 e. The van der Waals surface area contributed by atoms with Gasteiger partial charge in [-0.1, -0.05) is 41.9 Å². The molecule has 0 saturated carbocycles. The number of hydrogen-bond acceptors (Lipinski definition) is 7. The van der Waals surface area contributed by atoms with Crippen LogP contribution in [0.1, 0.15) is 29.2 Å². The molecule has 3 aromatic rings. The minimum Gasteiger partial charge on any atom is -0.490 e. The van der Waals surface area contributed by atoms with Crippen LogP contribution in [0.5, 0.6) is 11.5 Å². The second kappa shape index (κ2) is 12.5. The highest BCUT2D eigenvalue weighted by molar-refractivity contribution is 8.18. The molecule has 0 radical (unpaired) electrons. The van der Waals surface area contributed by atoms with E-state index in [9.17, 15) is 19.6 Å². The number of halogens is 1. The molecule has 4 rings (SSSR count). The molecule has 3 amide bonds. The molecule has 39 heavy (non-hydrogen) atoms. The van der Waals surface area contributed by atoms with Gasteiger partial charge in [-0.25, -0.2) is 0 Å². The largest absolute Gasteiger partial charge is 0.490 e. The first kappa shape index (κ1) is 27.8. The summed E-state index contributed by atoms with van der Waals surface area (Å²) in [6, 6.07) is 19.5. The summed E-state index contributed by atoms with van der Waals surface area (Å²) in [5.74, 6) is -0.143. The smallest absolute Gasteiger partial charge is 0.294 e. The van der Waals surface area contributed by atoms with Crippen LogP contribution in [-0.4, -0.2) is 35.1 Å². The van der Waals surface area contributed by atoms with E-state index in [4.69, 9.17) is 21.1 Å². The van der Waals surface area contributed by atoms with Gasteiger partial charge in [-0.2, -0.15) is 5.26 Å². The minimum absolute atomic E-state index is 0.179. The fraction of sp³-hybridized carbons (Fsp3) is 0.172. The summed E-state index contributed by atoms with van der Waals surface area (Å²) >= 11 is 6.76. The molecular weight excluding hydrogens is 538 g/mol. The molecule has 0 bridgehead atoms. The van der Waals surface area contributed by atoms with Crippen molar-refractivity contribution in [1.82, 2.24) is 4.90 Å². The van der Waals surface area contributed by atoms with E-state index in [0.29, 0.717) is 39.9 Å². The van der Waals surface area contributed by atoms with Crippen molar-refractivity contribution in [3.63, 3.8) is 0 Å². The first-order valence-corrected chi connectivity index (χ1v) is 13.2. The number of carbonyl (C=O) groups excluding carboxylic acids is 3. The lowest BCUT2D eigenvalue weighted by atomic mass is 10.1. The number of thioether (sulfide) groups is 1. The zero-order valence-corrected chi connectivity index (χ0v) is 22.8. The number of nitrogens with one attached hydrogen (secondary N) is 1. The fourth-order valence-electron chi connectivity index (χ4n) is 3.76. The van der Waals surface area contributed by atoms with E-state index in [1.165, 1.54) is 0 Å². The topological polar surface area (TPSA) is 109 Å². The third-order valence-corrected chi connectivity index (χ3v) is 6.88. The lowest BCUT2D eigenvalue weighted by Crippen LogP contribution is -2.36. The van der Waals surface area contributed by atoms with Crippen LogP contribution in [0, 0.1) is 18.3 Å². The Bertz CT molecular complexity index is 1510. The lowest BCUT2D eigenvalue weighted by molar-refractivity contribution is -0.127. The lowest BCUT2D eigenvalue weighted by Gasteiger charge is -2.14. The van der Waals surface area contributed by atoms with E-state index in [0.717, 1.165) is 27.8 Å². The highest BCUT2D eigenvalue weighted by Gasteiger charge is 2.36. The van der Waals surface area contributed by atoms with Crippen molar-refractivity contribution in [2.24, 2.45) is 0 Å². The number of nitriles is 1. The van der Waals surface area contributed by atoms with Crippen LogP contribution in [0.4, 0.5) is 10.5 Å². The number of rotatable bonds is 9. The summed E-state index contributed by atoms with van der Waals surface area (Å²) in [5.41, 5.74) is 3.20. The number of carbonyl (C=O) groups is 3. The number of amides is 3. The standard InChI is InChI=1S/C29H24ClN3O5S/c1-3-37-25-12-19(9-11-24(25)38-17-21-7-5-4-6-20(21)15-31)13-26-28(35)33(29(36)39-26)16-27(34)32-23-14-22(30)10-8-18(23)2/h4-14H,3,16-17H2,1-2H3,(H,32,34)/b26-13+. The number of aryl methyl sites for hydroxylation is 1. The predicted molar refractivity (Wildman–Crippen MR) is 151 cm³/mol. The molecule has 198 valence electrons. The summed E-state index contributed by atoms with van der Waals surface area (Å²) in [6.07, 6.45) is 1.57. The maximum atomic E-state index is 13.0. The number of anilines is 1. The van der Waals surface area contributed by atoms with E-state index in [1.807, 2.05) is 26.0 Å². The van der Waals surface area contributed by atoms with Crippen molar-refractivity contribution in [2.45, 2.75) is 20.5 Å². The van der Waals surface area contributed by atoms with Gasteiger partial charge in [0, 0.05) is 16.3 Å². The van der Waals surface area contributed by atoms with Gasteiger partial charge in [0.25, 0.3) is 11.1 Å². The molecule has 8 nitrogen and oxygen atoms in total. The Hall–Kier alpha value is -4.26.